The topological polar surface area (TPSA) is 46.1 Å². The summed E-state index contributed by atoms with van der Waals surface area (Å²) in [5.74, 6) is 1.53. The van der Waals surface area contributed by atoms with Gasteiger partial charge >= 0.3 is 0 Å². The van der Waals surface area contributed by atoms with Crippen molar-refractivity contribution in [1.29, 1.82) is 0 Å². The van der Waals surface area contributed by atoms with Crippen molar-refractivity contribution in [3.8, 4) is 0 Å². The number of hydrogen-bond donors (Lipinski definition) is 0. The normalized spacial score (nSPS) is 17.9. The number of piperidine rings is 1. The van der Waals surface area contributed by atoms with Crippen molar-refractivity contribution < 1.29 is 4.79 Å². The van der Waals surface area contributed by atoms with Crippen LogP contribution in [0, 0.1) is 5.92 Å². The second-order valence-electron chi connectivity index (χ2n) is 8.03. The van der Waals surface area contributed by atoms with Gasteiger partial charge in [-0.2, -0.15) is 0 Å². The van der Waals surface area contributed by atoms with E-state index >= 15 is 0 Å². The van der Waals surface area contributed by atoms with Crippen LogP contribution in [0.3, 0.4) is 0 Å². The van der Waals surface area contributed by atoms with Gasteiger partial charge in [0.2, 0.25) is 0 Å². The fraction of sp³-hybridized carbons (Fsp3) is 0.375. The first-order valence-electron chi connectivity index (χ1n) is 10.2. The molecule has 0 N–H and O–H groups in total. The van der Waals surface area contributed by atoms with Crippen LogP contribution in [0.15, 0.2) is 54.7 Å². The van der Waals surface area contributed by atoms with Crippen molar-refractivity contribution >= 4 is 16.6 Å². The van der Waals surface area contributed by atoms with Gasteiger partial charge in [-0.25, -0.2) is 9.97 Å². The zero-order valence-electron chi connectivity index (χ0n) is 16.6. The van der Waals surface area contributed by atoms with Crippen LogP contribution >= 0.6 is 0 Å². The van der Waals surface area contributed by atoms with Crippen LogP contribution in [0.2, 0.25) is 0 Å². The van der Waals surface area contributed by atoms with E-state index in [0.29, 0.717) is 5.92 Å². The summed E-state index contributed by atoms with van der Waals surface area (Å²) in [6.07, 6.45) is 3.85. The van der Waals surface area contributed by atoms with Gasteiger partial charge in [0.1, 0.15) is 5.82 Å². The fourth-order valence-corrected chi connectivity index (χ4v) is 4.08. The third-order valence-electron chi connectivity index (χ3n) is 5.57. The van der Waals surface area contributed by atoms with E-state index in [1.807, 2.05) is 36.5 Å². The Labute approximate surface area is 166 Å². The molecule has 144 valence electrons. The molecule has 0 aliphatic carbocycles. The zero-order valence-corrected chi connectivity index (χ0v) is 16.6. The van der Waals surface area contributed by atoms with Gasteiger partial charge in [-0.3, -0.25) is 9.69 Å². The lowest BCUT2D eigenvalue weighted by Crippen LogP contribution is -2.38. The van der Waals surface area contributed by atoms with Crippen LogP contribution in [0.25, 0.3) is 10.8 Å². The minimum atomic E-state index is 0.0472. The minimum Gasteiger partial charge on any atom is -0.297 e. The number of rotatable bonds is 5. The van der Waals surface area contributed by atoms with Gasteiger partial charge in [0.25, 0.3) is 0 Å². The van der Waals surface area contributed by atoms with Crippen LogP contribution in [-0.2, 0) is 6.54 Å². The van der Waals surface area contributed by atoms with E-state index in [1.165, 1.54) is 0 Å². The van der Waals surface area contributed by atoms with Crippen LogP contribution in [0.1, 0.15) is 54.5 Å². The number of likely N-dealkylation sites (tertiary alicyclic amines) is 1. The largest absolute Gasteiger partial charge is 0.297 e. The van der Waals surface area contributed by atoms with Crippen molar-refractivity contribution in [2.75, 3.05) is 13.1 Å². The number of nitrogens with zero attached hydrogens (tertiary/aromatic N) is 3. The van der Waals surface area contributed by atoms with E-state index in [1.54, 1.807) is 0 Å². The fourth-order valence-electron chi connectivity index (χ4n) is 4.08. The predicted molar refractivity (Wildman–Crippen MR) is 112 cm³/mol. The van der Waals surface area contributed by atoms with Gasteiger partial charge in [0, 0.05) is 36.7 Å². The Morgan fingerprint density at radius 3 is 2.82 bits per heavy atom. The highest BCUT2D eigenvalue weighted by molar-refractivity contribution is 6.09. The summed E-state index contributed by atoms with van der Waals surface area (Å²) in [7, 11) is 0. The summed E-state index contributed by atoms with van der Waals surface area (Å²) in [4.78, 5) is 24.7. The molecule has 1 aliphatic rings. The maximum atomic E-state index is 13.3. The highest BCUT2D eigenvalue weighted by atomic mass is 16.1. The Bertz CT molecular complexity index is 977. The summed E-state index contributed by atoms with van der Waals surface area (Å²) in [5, 5.41) is 2.19. The molecule has 1 aromatic heterocycles. The Balaban J connectivity index is 1.50. The molecule has 4 nitrogen and oxygen atoms in total. The Hall–Kier alpha value is -2.59. The number of aromatic nitrogens is 2. The van der Waals surface area contributed by atoms with Crippen LogP contribution in [-0.4, -0.2) is 33.7 Å². The molecule has 2 heterocycles. The van der Waals surface area contributed by atoms with Gasteiger partial charge in [-0.05, 0) is 36.2 Å². The lowest BCUT2D eigenvalue weighted by molar-refractivity contribution is 0.0811. The lowest BCUT2D eigenvalue weighted by atomic mass is 9.88. The van der Waals surface area contributed by atoms with Gasteiger partial charge in [0.15, 0.2) is 5.78 Å². The molecule has 0 amide bonds. The first-order valence-corrected chi connectivity index (χ1v) is 10.2. The highest BCUT2D eigenvalue weighted by Crippen LogP contribution is 2.26. The molecule has 1 aliphatic heterocycles. The Morgan fingerprint density at radius 1 is 1.14 bits per heavy atom. The second-order valence-corrected chi connectivity index (χ2v) is 8.03. The minimum absolute atomic E-state index is 0.0472. The molecular formula is C24H27N3O. The van der Waals surface area contributed by atoms with E-state index in [2.05, 4.69) is 41.9 Å². The lowest BCUT2D eigenvalue weighted by Gasteiger charge is -2.32. The quantitative estimate of drug-likeness (QED) is 0.600. The summed E-state index contributed by atoms with van der Waals surface area (Å²) in [6, 6.07) is 16.2. The molecule has 0 bridgehead atoms. The molecule has 0 spiro atoms. The number of fused-ring (bicyclic) bond motifs is 1. The number of benzene rings is 2. The van der Waals surface area contributed by atoms with Crippen molar-refractivity contribution in [1.82, 2.24) is 14.9 Å². The van der Waals surface area contributed by atoms with Gasteiger partial charge < -0.3 is 0 Å². The van der Waals surface area contributed by atoms with E-state index in [4.69, 9.17) is 4.98 Å². The number of carbonyl (C=O) groups excluding carboxylic acids is 1. The molecule has 0 saturated carbocycles. The van der Waals surface area contributed by atoms with Crippen molar-refractivity contribution in [3.05, 3.63) is 71.8 Å². The van der Waals surface area contributed by atoms with Crippen molar-refractivity contribution in [2.24, 2.45) is 5.92 Å². The summed E-state index contributed by atoms with van der Waals surface area (Å²) < 4.78 is 0. The van der Waals surface area contributed by atoms with Crippen molar-refractivity contribution in [3.63, 3.8) is 0 Å². The van der Waals surface area contributed by atoms with Gasteiger partial charge in [0.05, 0.1) is 5.69 Å². The SMILES string of the molecule is CC(C)c1nccc(CN2CCC[C@H](C(=O)c3cccc4ccccc34)C2)n1. The highest BCUT2D eigenvalue weighted by Gasteiger charge is 2.27. The second kappa shape index (κ2) is 8.19. The summed E-state index contributed by atoms with van der Waals surface area (Å²) >= 11 is 0. The monoisotopic (exact) mass is 373 g/mol. The smallest absolute Gasteiger partial charge is 0.167 e. The van der Waals surface area contributed by atoms with E-state index < -0.39 is 0 Å². The van der Waals surface area contributed by atoms with Gasteiger partial charge in [-0.15, -0.1) is 0 Å². The van der Waals surface area contributed by atoms with E-state index in [-0.39, 0.29) is 11.7 Å². The molecule has 0 unspecified atom stereocenters. The maximum absolute atomic E-state index is 13.3. The molecular weight excluding hydrogens is 346 g/mol. The van der Waals surface area contributed by atoms with Crippen LogP contribution in [0.4, 0.5) is 0 Å². The van der Waals surface area contributed by atoms with Crippen molar-refractivity contribution in [2.45, 2.75) is 39.2 Å². The van der Waals surface area contributed by atoms with E-state index in [0.717, 1.165) is 60.3 Å². The molecule has 1 saturated heterocycles. The van der Waals surface area contributed by atoms with E-state index in [9.17, 15) is 4.79 Å². The number of hydrogen-bond acceptors (Lipinski definition) is 4. The molecule has 1 atom stereocenters. The standard InChI is InChI=1S/C24H27N3O/c1-17(2)24-25-13-12-20(26-24)16-27-14-6-9-19(15-27)23(28)22-11-5-8-18-7-3-4-10-21(18)22/h3-5,7-8,10-13,17,19H,6,9,14-16H2,1-2H3/t19-/m0/s1. The molecule has 0 radical (unpaired) electrons. The van der Waals surface area contributed by atoms with Crippen LogP contribution in [0.5, 0.6) is 0 Å². The number of Topliss-reactive ketones (excluding diaryl/α,β-unsaturated/α-hetero) is 1. The molecule has 4 heteroatoms. The summed E-state index contributed by atoms with van der Waals surface area (Å²) in [6.45, 7) is 6.81. The average molecular weight is 374 g/mol. The maximum Gasteiger partial charge on any atom is 0.167 e. The average Bonchev–Trinajstić information content (AvgIpc) is 2.73. The Kier molecular flexibility index (Phi) is 5.49. The Morgan fingerprint density at radius 2 is 1.96 bits per heavy atom. The number of ketones is 1. The molecule has 1 fully saturated rings. The molecule has 3 aromatic rings. The zero-order chi connectivity index (χ0) is 19.5. The number of carbonyl (C=O) groups is 1. The predicted octanol–water partition coefficient (Wildman–Crippen LogP) is 4.85. The molecule has 4 rings (SSSR count). The molecule has 28 heavy (non-hydrogen) atoms. The van der Waals surface area contributed by atoms with Gasteiger partial charge in [-0.1, -0.05) is 56.3 Å². The molecule has 2 aromatic carbocycles. The first-order chi connectivity index (χ1) is 13.6. The first kappa shape index (κ1) is 18.8. The summed E-state index contributed by atoms with van der Waals surface area (Å²) in [5.41, 5.74) is 1.89. The van der Waals surface area contributed by atoms with Crippen LogP contribution < -0.4 is 0 Å². The third-order valence-corrected chi connectivity index (χ3v) is 5.57. The third kappa shape index (κ3) is 3.97.